The van der Waals surface area contributed by atoms with E-state index in [4.69, 9.17) is 9.26 Å². The number of Topliss-reactive ketones (excluding diaryl/α,β-unsaturated/α-hetero) is 1. The van der Waals surface area contributed by atoms with Gasteiger partial charge in [-0.3, -0.25) is 14.5 Å². The molecule has 10 heteroatoms. The molecule has 0 bridgehead atoms. The molecule has 0 spiro atoms. The van der Waals surface area contributed by atoms with E-state index in [0.717, 1.165) is 25.7 Å². The van der Waals surface area contributed by atoms with Crippen LogP contribution in [-0.2, 0) is 9.59 Å². The Bertz CT molecular complexity index is 1310. The van der Waals surface area contributed by atoms with E-state index >= 15 is 0 Å². The van der Waals surface area contributed by atoms with Gasteiger partial charge in [-0.1, -0.05) is 18.0 Å². The Kier molecular flexibility index (Phi) is 6.51. The first-order chi connectivity index (χ1) is 17.5. The number of aryl methyl sites for hydroxylation is 1. The van der Waals surface area contributed by atoms with Crippen molar-refractivity contribution in [2.75, 3.05) is 18.1 Å². The predicted octanol–water partition coefficient (Wildman–Crippen LogP) is 3.47. The smallest absolute Gasteiger partial charge is 0.294 e. The van der Waals surface area contributed by atoms with Crippen LogP contribution in [0.5, 0.6) is 5.88 Å². The highest BCUT2D eigenvalue weighted by atomic mass is 16.5. The van der Waals surface area contributed by atoms with Crippen molar-refractivity contribution < 1.29 is 29.1 Å². The van der Waals surface area contributed by atoms with Crippen LogP contribution in [0.2, 0.25) is 0 Å². The molecule has 36 heavy (non-hydrogen) atoms. The second kappa shape index (κ2) is 9.90. The van der Waals surface area contributed by atoms with Gasteiger partial charge in [-0.05, 0) is 49.2 Å². The number of carbonyl (C=O) groups excluding carboxylic acids is 2. The third-order valence-electron chi connectivity index (χ3n) is 6.56. The third kappa shape index (κ3) is 4.24. The lowest BCUT2D eigenvalue weighted by Crippen LogP contribution is -2.32. The number of carbonyl (C=O) groups is 2. The summed E-state index contributed by atoms with van der Waals surface area (Å²) >= 11 is 0. The minimum absolute atomic E-state index is 0.00883. The number of anilines is 1. The second-order valence-electron chi connectivity index (χ2n) is 8.84. The number of aromatic nitrogens is 3. The Morgan fingerprint density at radius 3 is 2.61 bits per heavy atom. The van der Waals surface area contributed by atoms with Gasteiger partial charge in [-0.15, -0.1) is 0 Å². The van der Waals surface area contributed by atoms with Gasteiger partial charge < -0.3 is 19.5 Å². The van der Waals surface area contributed by atoms with Crippen molar-refractivity contribution >= 4 is 17.4 Å². The molecule has 0 saturated heterocycles. The third-order valence-corrected chi connectivity index (χ3v) is 6.56. The Labute approximate surface area is 207 Å². The van der Waals surface area contributed by atoms with Gasteiger partial charge in [0.2, 0.25) is 17.6 Å². The average Bonchev–Trinajstić information content (AvgIpc) is 3.64. The first-order valence-electron chi connectivity index (χ1n) is 11.9. The van der Waals surface area contributed by atoms with E-state index in [1.165, 1.54) is 11.1 Å². The first-order valence-corrected chi connectivity index (χ1v) is 11.9. The van der Waals surface area contributed by atoms with Crippen molar-refractivity contribution in [3.8, 4) is 17.3 Å². The molecular formula is C26H26N4O6. The molecule has 1 atom stereocenters. The van der Waals surface area contributed by atoms with Crippen molar-refractivity contribution in [3.05, 3.63) is 65.4 Å². The molecule has 2 N–H and O–H groups in total. The van der Waals surface area contributed by atoms with Crippen LogP contribution in [0.25, 0.3) is 11.4 Å². The van der Waals surface area contributed by atoms with E-state index in [1.807, 2.05) is 0 Å². The molecule has 1 saturated carbocycles. The lowest BCUT2D eigenvalue weighted by atomic mass is 9.89. The summed E-state index contributed by atoms with van der Waals surface area (Å²) in [5.41, 5.74) is 1.65. The van der Waals surface area contributed by atoms with E-state index in [9.17, 15) is 19.8 Å². The largest absolute Gasteiger partial charge is 0.503 e. The van der Waals surface area contributed by atoms with Gasteiger partial charge in [0.1, 0.15) is 12.6 Å². The van der Waals surface area contributed by atoms with Gasteiger partial charge in [-0.25, -0.2) is 4.98 Å². The maximum absolute atomic E-state index is 13.6. The van der Waals surface area contributed by atoms with E-state index in [1.54, 1.807) is 43.3 Å². The second-order valence-corrected chi connectivity index (χ2v) is 8.84. The standard InChI is InChI=1S/C26H26N4O6/c1-15-28-24(29-36-15)17-8-10-18(11-9-17)30-21(19-7-4-12-27-25(19)35-14-13-31)20(23(33)26(30)34)22(32)16-5-2-3-6-16/h4,7-12,16,21,31,33H,2-3,5-6,13-14H2,1H3. The Hall–Kier alpha value is -4.05. The normalized spacial score (nSPS) is 18.3. The fraction of sp³-hybridized carbons (Fsp3) is 0.346. The Balaban J connectivity index is 1.59. The summed E-state index contributed by atoms with van der Waals surface area (Å²) in [4.78, 5) is 36.9. The topological polar surface area (TPSA) is 139 Å². The number of nitrogens with zero attached hydrogens (tertiary/aromatic N) is 4. The quantitative estimate of drug-likeness (QED) is 0.486. The number of hydrogen-bond donors (Lipinski definition) is 2. The van der Waals surface area contributed by atoms with Crippen LogP contribution in [0.1, 0.15) is 43.2 Å². The van der Waals surface area contributed by atoms with Crippen molar-refractivity contribution in [2.24, 2.45) is 5.92 Å². The maximum atomic E-state index is 13.6. The summed E-state index contributed by atoms with van der Waals surface area (Å²) in [6, 6.07) is 9.33. The number of aliphatic hydroxyl groups excluding tert-OH is 2. The van der Waals surface area contributed by atoms with Crippen LogP contribution in [-0.4, -0.2) is 50.2 Å². The van der Waals surface area contributed by atoms with E-state index in [-0.39, 0.29) is 36.4 Å². The van der Waals surface area contributed by atoms with Gasteiger partial charge in [0.25, 0.3) is 5.91 Å². The van der Waals surface area contributed by atoms with Crippen LogP contribution < -0.4 is 9.64 Å². The molecule has 1 aliphatic heterocycles. The molecule has 1 aliphatic carbocycles. The predicted molar refractivity (Wildman–Crippen MR) is 128 cm³/mol. The molecule has 5 rings (SSSR count). The van der Waals surface area contributed by atoms with E-state index in [2.05, 4.69) is 15.1 Å². The van der Waals surface area contributed by atoms with Crippen LogP contribution >= 0.6 is 0 Å². The summed E-state index contributed by atoms with van der Waals surface area (Å²) in [7, 11) is 0. The molecule has 1 fully saturated rings. The average molecular weight is 491 g/mol. The maximum Gasteiger partial charge on any atom is 0.294 e. The van der Waals surface area contributed by atoms with E-state index < -0.39 is 17.7 Å². The highest BCUT2D eigenvalue weighted by molar-refractivity contribution is 6.17. The molecule has 10 nitrogen and oxygen atoms in total. The molecule has 1 unspecified atom stereocenters. The molecular weight excluding hydrogens is 464 g/mol. The minimum Gasteiger partial charge on any atom is -0.503 e. The number of ether oxygens (including phenoxy) is 1. The van der Waals surface area contributed by atoms with Crippen molar-refractivity contribution in [1.29, 1.82) is 0 Å². The molecule has 2 aliphatic rings. The molecule has 186 valence electrons. The number of ketones is 1. The van der Waals surface area contributed by atoms with E-state index in [0.29, 0.717) is 28.5 Å². The monoisotopic (exact) mass is 490 g/mol. The Morgan fingerprint density at radius 1 is 1.19 bits per heavy atom. The lowest BCUT2D eigenvalue weighted by molar-refractivity contribution is -0.120. The zero-order valence-electron chi connectivity index (χ0n) is 19.8. The summed E-state index contributed by atoms with van der Waals surface area (Å²) in [6.45, 7) is 1.46. The van der Waals surface area contributed by atoms with Gasteiger partial charge in [0.05, 0.1) is 12.2 Å². The zero-order valence-corrected chi connectivity index (χ0v) is 19.8. The first kappa shape index (κ1) is 23.7. The highest BCUT2D eigenvalue weighted by Crippen LogP contribution is 2.45. The summed E-state index contributed by atoms with van der Waals surface area (Å²) in [6.07, 6.45) is 4.83. The number of amides is 1. The van der Waals surface area contributed by atoms with Gasteiger partial charge in [0, 0.05) is 35.9 Å². The highest BCUT2D eigenvalue weighted by Gasteiger charge is 2.47. The van der Waals surface area contributed by atoms with Crippen molar-refractivity contribution in [1.82, 2.24) is 15.1 Å². The van der Waals surface area contributed by atoms with Crippen molar-refractivity contribution in [3.63, 3.8) is 0 Å². The van der Waals surface area contributed by atoms with Crippen LogP contribution in [0.3, 0.4) is 0 Å². The molecule has 1 amide bonds. The van der Waals surface area contributed by atoms with Crippen LogP contribution in [0, 0.1) is 12.8 Å². The summed E-state index contributed by atoms with van der Waals surface area (Å²) < 4.78 is 10.7. The number of hydrogen-bond acceptors (Lipinski definition) is 9. The molecule has 3 aromatic rings. The fourth-order valence-corrected chi connectivity index (χ4v) is 4.89. The molecule has 3 heterocycles. The summed E-state index contributed by atoms with van der Waals surface area (Å²) in [5, 5.41) is 24.2. The summed E-state index contributed by atoms with van der Waals surface area (Å²) in [5.74, 6) is -0.706. The SMILES string of the molecule is Cc1nc(-c2ccc(N3C(=O)C(O)=C(C(=O)C4CCCC4)C3c3cccnc3OCCO)cc2)no1. The van der Waals surface area contributed by atoms with Gasteiger partial charge in [0.15, 0.2) is 11.5 Å². The van der Waals surface area contributed by atoms with Crippen LogP contribution in [0.15, 0.2) is 58.5 Å². The lowest BCUT2D eigenvalue weighted by Gasteiger charge is -2.28. The van der Waals surface area contributed by atoms with Gasteiger partial charge >= 0.3 is 0 Å². The van der Waals surface area contributed by atoms with Crippen molar-refractivity contribution in [2.45, 2.75) is 38.6 Å². The number of benzene rings is 1. The number of rotatable bonds is 8. The zero-order chi connectivity index (χ0) is 25.2. The minimum atomic E-state index is -0.939. The van der Waals surface area contributed by atoms with Crippen LogP contribution in [0.4, 0.5) is 5.69 Å². The molecule has 1 aromatic carbocycles. The number of aliphatic hydroxyl groups is 2. The Morgan fingerprint density at radius 2 is 1.94 bits per heavy atom. The number of pyridine rings is 1. The van der Waals surface area contributed by atoms with Gasteiger partial charge in [-0.2, -0.15) is 4.98 Å². The molecule has 2 aromatic heterocycles. The molecule has 0 radical (unpaired) electrons. The fourth-order valence-electron chi connectivity index (χ4n) is 4.89.